The summed E-state index contributed by atoms with van der Waals surface area (Å²) in [5, 5.41) is 8.01. The Morgan fingerprint density at radius 3 is 2.54 bits per heavy atom. The number of carbonyl (C=O) groups excluding carboxylic acids is 2. The molecule has 7 heteroatoms. The molecule has 1 unspecified atom stereocenters. The molecule has 1 saturated heterocycles. The first-order valence-electron chi connectivity index (χ1n) is 8.06. The van der Waals surface area contributed by atoms with Crippen LogP contribution in [0.15, 0.2) is 34.7 Å². The molecule has 1 saturated carbocycles. The van der Waals surface area contributed by atoms with Gasteiger partial charge in [-0.2, -0.15) is 0 Å². The second kappa shape index (κ2) is 5.43. The molecule has 1 aliphatic heterocycles. The number of carbonyl (C=O) groups is 2. The Bertz CT molecular complexity index is 780. The number of amides is 2. The van der Waals surface area contributed by atoms with Crippen LogP contribution in [0, 0.1) is 0 Å². The van der Waals surface area contributed by atoms with Gasteiger partial charge >= 0.3 is 6.09 Å². The summed E-state index contributed by atoms with van der Waals surface area (Å²) in [4.78, 5) is 26.1. The molecule has 2 fully saturated rings. The molecule has 0 N–H and O–H groups in total. The molecule has 24 heavy (non-hydrogen) atoms. The van der Waals surface area contributed by atoms with Gasteiger partial charge in [-0.1, -0.05) is 18.2 Å². The monoisotopic (exact) mass is 327 g/mol. The van der Waals surface area contributed by atoms with E-state index in [4.69, 9.17) is 9.15 Å². The van der Waals surface area contributed by atoms with Gasteiger partial charge in [0.05, 0.1) is 0 Å². The van der Waals surface area contributed by atoms with Gasteiger partial charge in [0, 0.05) is 5.56 Å². The first kappa shape index (κ1) is 14.9. The maximum atomic E-state index is 12.7. The van der Waals surface area contributed by atoms with Gasteiger partial charge in [0.25, 0.3) is 5.91 Å². The van der Waals surface area contributed by atoms with Crippen LogP contribution in [-0.4, -0.2) is 32.7 Å². The second-order valence-electron chi connectivity index (χ2n) is 6.23. The third-order valence-corrected chi connectivity index (χ3v) is 4.71. The highest BCUT2D eigenvalue weighted by atomic mass is 16.6. The summed E-state index contributed by atoms with van der Waals surface area (Å²) in [6, 6.07) is 8.68. The van der Waals surface area contributed by atoms with E-state index in [0.717, 1.165) is 23.3 Å². The fourth-order valence-electron chi connectivity index (χ4n) is 3.37. The normalized spacial score (nSPS) is 20.6. The number of nitrogens with zero attached hydrogens (tertiary/aromatic N) is 3. The predicted octanol–water partition coefficient (Wildman–Crippen LogP) is 3.09. The molecule has 124 valence electrons. The van der Waals surface area contributed by atoms with Crippen molar-refractivity contribution in [2.24, 2.45) is 0 Å². The number of benzene rings is 1. The van der Waals surface area contributed by atoms with Crippen molar-refractivity contribution < 1.29 is 18.7 Å². The van der Waals surface area contributed by atoms with E-state index in [1.807, 2.05) is 30.3 Å². The van der Waals surface area contributed by atoms with Crippen molar-refractivity contribution in [1.82, 2.24) is 15.1 Å². The van der Waals surface area contributed by atoms with Crippen LogP contribution >= 0.6 is 0 Å². The molecule has 1 atom stereocenters. The van der Waals surface area contributed by atoms with Gasteiger partial charge in [-0.3, -0.25) is 4.79 Å². The van der Waals surface area contributed by atoms with E-state index in [1.54, 1.807) is 6.92 Å². The highest BCUT2D eigenvalue weighted by Crippen LogP contribution is 2.42. The van der Waals surface area contributed by atoms with Crippen LogP contribution in [0.5, 0.6) is 0 Å². The number of hydrogen-bond acceptors (Lipinski definition) is 6. The lowest BCUT2D eigenvalue weighted by Crippen LogP contribution is -2.40. The van der Waals surface area contributed by atoms with Gasteiger partial charge in [0.1, 0.15) is 6.04 Å². The van der Waals surface area contributed by atoms with Crippen LogP contribution in [0.1, 0.15) is 44.5 Å². The van der Waals surface area contributed by atoms with E-state index in [9.17, 15) is 9.59 Å². The van der Waals surface area contributed by atoms with E-state index in [-0.39, 0.29) is 11.8 Å². The molecule has 2 aromatic rings. The largest absolute Gasteiger partial charge is 0.432 e. The fourth-order valence-corrected chi connectivity index (χ4v) is 3.37. The van der Waals surface area contributed by atoms with E-state index < -0.39 is 17.7 Å². The van der Waals surface area contributed by atoms with Crippen LogP contribution in [-0.2, 0) is 9.53 Å². The van der Waals surface area contributed by atoms with Crippen molar-refractivity contribution >= 4 is 12.0 Å². The standard InChI is InChI=1S/C17H17N3O4/c1-11(13-18-19-14(23-13)12-7-3-2-4-8-12)20-15(21)17(24-16(20)22)9-5-6-10-17/h2-4,7-8,11H,5-6,9-10H2,1H3. The summed E-state index contributed by atoms with van der Waals surface area (Å²) in [6.45, 7) is 1.69. The van der Waals surface area contributed by atoms with E-state index in [2.05, 4.69) is 10.2 Å². The lowest BCUT2D eigenvalue weighted by Gasteiger charge is -2.19. The molecule has 2 aliphatic rings. The van der Waals surface area contributed by atoms with Gasteiger partial charge in [0.15, 0.2) is 5.60 Å². The Labute approximate surface area is 138 Å². The highest BCUT2D eigenvalue weighted by molar-refractivity contribution is 6.03. The topological polar surface area (TPSA) is 85.5 Å². The molecule has 0 radical (unpaired) electrons. The second-order valence-corrected chi connectivity index (χ2v) is 6.23. The van der Waals surface area contributed by atoms with Crippen LogP contribution in [0.4, 0.5) is 4.79 Å². The van der Waals surface area contributed by atoms with Gasteiger partial charge in [-0.25, -0.2) is 9.69 Å². The molecule has 1 aromatic heterocycles. The van der Waals surface area contributed by atoms with Crippen molar-refractivity contribution in [3.8, 4) is 11.5 Å². The smallest absolute Gasteiger partial charge is 0.418 e. The number of rotatable bonds is 3. The van der Waals surface area contributed by atoms with Crippen molar-refractivity contribution in [2.45, 2.75) is 44.2 Å². The Balaban J connectivity index is 1.60. The third kappa shape index (κ3) is 2.19. The Kier molecular flexibility index (Phi) is 3.37. The predicted molar refractivity (Wildman–Crippen MR) is 82.7 cm³/mol. The number of imide groups is 1. The van der Waals surface area contributed by atoms with Crippen molar-refractivity contribution in [1.29, 1.82) is 0 Å². The average Bonchev–Trinajstić information content (AvgIpc) is 3.30. The van der Waals surface area contributed by atoms with Crippen LogP contribution < -0.4 is 0 Å². The first-order chi connectivity index (χ1) is 11.6. The van der Waals surface area contributed by atoms with Gasteiger partial charge in [0.2, 0.25) is 11.8 Å². The lowest BCUT2D eigenvalue weighted by molar-refractivity contribution is -0.137. The minimum Gasteiger partial charge on any atom is -0.432 e. The van der Waals surface area contributed by atoms with Crippen molar-refractivity contribution in [2.75, 3.05) is 0 Å². The zero-order chi connectivity index (χ0) is 16.7. The summed E-state index contributed by atoms with van der Waals surface area (Å²) >= 11 is 0. The minimum atomic E-state index is -0.979. The third-order valence-electron chi connectivity index (χ3n) is 4.71. The molecule has 2 heterocycles. The summed E-state index contributed by atoms with van der Waals surface area (Å²) in [7, 11) is 0. The zero-order valence-electron chi connectivity index (χ0n) is 13.3. The van der Waals surface area contributed by atoms with Crippen molar-refractivity contribution in [3.63, 3.8) is 0 Å². The molecular weight excluding hydrogens is 310 g/mol. The van der Waals surface area contributed by atoms with Gasteiger partial charge < -0.3 is 9.15 Å². The molecule has 7 nitrogen and oxygen atoms in total. The summed E-state index contributed by atoms with van der Waals surface area (Å²) < 4.78 is 11.1. The Morgan fingerprint density at radius 1 is 1.12 bits per heavy atom. The van der Waals surface area contributed by atoms with Crippen LogP contribution in [0.3, 0.4) is 0 Å². The maximum Gasteiger partial charge on any atom is 0.418 e. The molecule has 4 rings (SSSR count). The highest BCUT2D eigenvalue weighted by Gasteiger charge is 2.57. The molecule has 1 aliphatic carbocycles. The minimum absolute atomic E-state index is 0.217. The van der Waals surface area contributed by atoms with E-state index in [1.165, 1.54) is 0 Å². The van der Waals surface area contributed by atoms with Crippen LogP contribution in [0.2, 0.25) is 0 Å². The van der Waals surface area contributed by atoms with Crippen LogP contribution in [0.25, 0.3) is 11.5 Å². The molecular formula is C17H17N3O4. The molecule has 2 amide bonds. The maximum absolute atomic E-state index is 12.7. The van der Waals surface area contributed by atoms with E-state index in [0.29, 0.717) is 18.7 Å². The van der Waals surface area contributed by atoms with Crippen molar-refractivity contribution in [3.05, 3.63) is 36.2 Å². The summed E-state index contributed by atoms with van der Waals surface area (Å²) in [5.74, 6) is 0.277. The first-order valence-corrected chi connectivity index (χ1v) is 8.06. The Morgan fingerprint density at radius 2 is 1.83 bits per heavy atom. The summed E-state index contributed by atoms with van der Waals surface area (Å²) in [6.07, 6.45) is 2.31. The number of aromatic nitrogens is 2. The molecule has 1 aromatic carbocycles. The lowest BCUT2D eigenvalue weighted by atomic mass is 10.0. The number of ether oxygens (including phenoxy) is 1. The molecule has 0 bridgehead atoms. The van der Waals surface area contributed by atoms with E-state index >= 15 is 0 Å². The Hall–Kier alpha value is -2.70. The fraction of sp³-hybridized carbons (Fsp3) is 0.412. The quantitative estimate of drug-likeness (QED) is 0.861. The van der Waals surface area contributed by atoms with Gasteiger partial charge in [-0.15, -0.1) is 10.2 Å². The molecule has 1 spiro atoms. The zero-order valence-corrected chi connectivity index (χ0v) is 13.3. The average molecular weight is 327 g/mol. The van der Waals surface area contributed by atoms with Gasteiger partial charge in [-0.05, 0) is 44.7 Å². The number of hydrogen-bond donors (Lipinski definition) is 0. The SMILES string of the molecule is CC(c1nnc(-c2ccccc2)o1)N1C(=O)OC2(CCCC2)C1=O. The summed E-state index contributed by atoms with van der Waals surface area (Å²) in [5.41, 5.74) is -0.195.